The van der Waals surface area contributed by atoms with E-state index in [0.717, 1.165) is 5.92 Å². The molecule has 1 unspecified atom stereocenters. The maximum atomic E-state index is 3.56. The van der Waals surface area contributed by atoms with E-state index in [9.17, 15) is 0 Å². The minimum atomic E-state index is 0.282. The van der Waals surface area contributed by atoms with E-state index < -0.39 is 0 Å². The van der Waals surface area contributed by atoms with Gasteiger partial charge >= 0.3 is 0 Å². The second-order valence-electron chi connectivity index (χ2n) is 6.95. The summed E-state index contributed by atoms with van der Waals surface area (Å²) >= 11 is 0. The highest BCUT2D eigenvalue weighted by atomic mass is 15.1. The molecule has 0 aromatic rings. The lowest BCUT2D eigenvalue weighted by atomic mass is 10.1. The first kappa shape index (κ1) is 16.0. The molecule has 1 fully saturated rings. The Morgan fingerprint density at radius 1 is 1.11 bits per heavy atom. The second kappa shape index (κ2) is 8.16. The molecule has 1 aliphatic heterocycles. The van der Waals surface area contributed by atoms with Gasteiger partial charge in [0, 0.05) is 12.1 Å². The summed E-state index contributed by atoms with van der Waals surface area (Å²) in [5, 5.41) is 3.56. The molecule has 0 spiro atoms. The molecule has 1 atom stereocenters. The molecule has 18 heavy (non-hydrogen) atoms. The predicted octanol–water partition coefficient (Wildman–Crippen LogP) is 3.67. The molecule has 0 aromatic heterocycles. The van der Waals surface area contributed by atoms with Crippen LogP contribution in [-0.4, -0.2) is 36.6 Å². The van der Waals surface area contributed by atoms with Crippen molar-refractivity contribution in [3.05, 3.63) is 0 Å². The molecule has 0 saturated carbocycles. The fraction of sp³-hybridized carbons (Fsp3) is 1.00. The van der Waals surface area contributed by atoms with Gasteiger partial charge in [-0.3, -0.25) is 0 Å². The van der Waals surface area contributed by atoms with Crippen LogP contribution in [-0.2, 0) is 0 Å². The van der Waals surface area contributed by atoms with Crippen LogP contribution >= 0.6 is 0 Å². The molecule has 1 rings (SSSR count). The van der Waals surface area contributed by atoms with Crippen LogP contribution in [0.3, 0.4) is 0 Å². The van der Waals surface area contributed by atoms with Gasteiger partial charge in [0.05, 0.1) is 0 Å². The van der Waals surface area contributed by atoms with Gasteiger partial charge in [-0.15, -0.1) is 0 Å². The number of rotatable bonds is 8. The summed E-state index contributed by atoms with van der Waals surface area (Å²) in [6.45, 7) is 14.3. The maximum Gasteiger partial charge on any atom is 0.00965 e. The Hall–Kier alpha value is -0.0800. The van der Waals surface area contributed by atoms with E-state index in [1.54, 1.807) is 0 Å². The standard InChI is InChI=1S/C16H34N2/c1-5-15-10-13-18(14-15)12-9-7-6-8-11-17-16(2,3)4/h15,17H,5-14H2,1-4H3. The third kappa shape index (κ3) is 7.38. The van der Waals surface area contributed by atoms with Gasteiger partial charge < -0.3 is 10.2 Å². The first-order chi connectivity index (χ1) is 8.51. The summed E-state index contributed by atoms with van der Waals surface area (Å²) in [7, 11) is 0. The number of likely N-dealkylation sites (tertiary alicyclic amines) is 1. The van der Waals surface area contributed by atoms with E-state index in [-0.39, 0.29) is 5.54 Å². The molecule has 0 amide bonds. The van der Waals surface area contributed by atoms with Crippen molar-refractivity contribution >= 4 is 0 Å². The number of nitrogens with zero attached hydrogens (tertiary/aromatic N) is 1. The third-order valence-corrected chi connectivity index (χ3v) is 4.00. The molecule has 1 aliphatic rings. The minimum Gasteiger partial charge on any atom is -0.312 e. The van der Waals surface area contributed by atoms with Gasteiger partial charge in [0.25, 0.3) is 0 Å². The molecule has 0 bridgehead atoms. The Morgan fingerprint density at radius 2 is 1.83 bits per heavy atom. The van der Waals surface area contributed by atoms with Crippen molar-refractivity contribution in [2.24, 2.45) is 5.92 Å². The average Bonchev–Trinajstić information content (AvgIpc) is 2.74. The van der Waals surface area contributed by atoms with Crippen LogP contribution in [0, 0.1) is 5.92 Å². The van der Waals surface area contributed by atoms with Crippen molar-refractivity contribution in [3.8, 4) is 0 Å². The number of hydrogen-bond donors (Lipinski definition) is 1. The molecule has 0 aromatic carbocycles. The summed E-state index contributed by atoms with van der Waals surface area (Å²) in [6.07, 6.45) is 8.31. The highest BCUT2D eigenvalue weighted by molar-refractivity contribution is 4.74. The molecule has 1 saturated heterocycles. The Labute approximate surface area is 115 Å². The second-order valence-corrected chi connectivity index (χ2v) is 6.95. The van der Waals surface area contributed by atoms with Crippen LogP contribution in [0.25, 0.3) is 0 Å². The largest absolute Gasteiger partial charge is 0.312 e. The number of nitrogens with one attached hydrogen (secondary N) is 1. The highest BCUT2D eigenvalue weighted by Crippen LogP contribution is 2.19. The quantitative estimate of drug-likeness (QED) is 0.665. The van der Waals surface area contributed by atoms with Crippen LogP contribution < -0.4 is 5.32 Å². The fourth-order valence-corrected chi connectivity index (χ4v) is 2.73. The normalized spacial score (nSPS) is 21.7. The lowest BCUT2D eigenvalue weighted by Gasteiger charge is -2.20. The van der Waals surface area contributed by atoms with Crippen LogP contribution in [0.1, 0.15) is 66.2 Å². The van der Waals surface area contributed by atoms with Crippen LogP contribution in [0.2, 0.25) is 0 Å². The summed E-state index contributed by atoms with van der Waals surface area (Å²) in [4.78, 5) is 2.67. The molecule has 108 valence electrons. The molecule has 0 radical (unpaired) electrons. The minimum absolute atomic E-state index is 0.282. The predicted molar refractivity (Wildman–Crippen MR) is 81.1 cm³/mol. The molecule has 2 heteroatoms. The number of hydrogen-bond acceptors (Lipinski definition) is 2. The Balaban J connectivity index is 1.87. The molecular weight excluding hydrogens is 220 g/mol. The zero-order valence-corrected chi connectivity index (χ0v) is 13.1. The van der Waals surface area contributed by atoms with Gasteiger partial charge in [-0.25, -0.2) is 0 Å². The van der Waals surface area contributed by atoms with Crippen LogP contribution in [0.5, 0.6) is 0 Å². The highest BCUT2D eigenvalue weighted by Gasteiger charge is 2.19. The van der Waals surface area contributed by atoms with E-state index in [0.29, 0.717) is 0 Å². The lowest BCUT2D eigenvalue weighted by molar-refractivity contribution is 0.312. The van der Waals surface area contributed by atoms with Crippen molar-refractivity contribution in [1.29, 1.82) is 0 Å². The average molecular weight is 254 g/mol. The first-order valence-corrected chi connectivity index (χ1v) is 7.98. The molecule has 1 N–H and O–H groups in total. The van der Waals surface area contributed by atoms with E-state index >= 15 is 0 Å². The smallest absolute Gasteiger partial charge is 0.00965 e. The molecule has 2 nitrogen and oxygen atoms in total. The number of unbranched alkanes of at least 4 members (excludes halogenated alkanes) is 3. The van der Waals surface area contributed by atoms with Crippen LogP contribution in [0.15, 0.2) is 0 Å². The monoisotopic (exact) mass is 254 g/mol. The topological polar surface area (TPSA) is 15.3 Å². The van der Waals surface area contributed by atoms with E-state index in [1.165, 1.54) is 64.7 Å². The zero-order valence-electron chi connectivity index (χ0n) is 13.1. The lowest BCUT2D eigenvalue weighted by Crippen LogP contribution is -2.36. The van der Waals surface area contributed by atoms with Gasteiger partial charge in [-0.05, 0) is 65.6 Å². The third-order valence-electron chi connectivity index (χ3n) is 4.00. The van der Waals surface area contributed by atoms with Gasteiger partial charge in [0.15, 0.2) is 0 Å². The molecular formula is C16H34N2. The summed E-state index contributed by atoms with van der Waals surface area (Å²) in [6, 6.07) is 0. The van der Waals surface area contributed by atoms with Crippen LogP contribution in [0.4, 0.5) is 0 Å². The Bertz CT molecular complexity index is 208. The van der Waals surface area contributed by atoms with E-state index in [1.807, 2.05) is 0 Å². The summed E-state index contributed by atoms with van der Waals surface area (Å²) in [5.74, 6) is 0.987. The van der Waals surface area contributed by atoms with E-state index in [4.69, 9.17) is 0 Å². The first-order valence-electron chi connectivity index (χ1n) is 7.98. The Kier molecular flexibility index (Phi) is 7.25. The van der Waals surface area contributed by atoms with Crippen molar-refractivity contribution < 1.29 is 0 Å². The SMILES string of the molecule is CCC1CCN(CCCCCCNC(C)(C)C)C1. The van der Waals surface area contributed by atoms with Crippen molar-refractivity contribution in [2.75, 3.05) is 26.2 Å². The van der Waals surface area contributed by atoms with Gasteiger partial charge in [-0.1, -0.05) is 26.2 Å². The van der Waals surface area contributed by atoms with E-state index in [2.05, 4.69) is 37.9 Å². The Morgan fingerprint density at radius 3 is 2.44 bits per heavy atom. The molecule has 0 aliphatic carbocycles. The van der Waals surface area contributed by atoms with Gasteiger partial charge in [0.2, 0.25) is 0 Å². The van der Waals surface area contributed by atoms with Gasteiger partial charge in [0.1, 0.15) is 0 Å². The summed E-state index contributed by atoms with van der Waals surface area (Å²) in [5.41, 5.74) is 0.282. The molecule has 1 heterocycles. The van der Waals surface area contributed by atoms with Crippen molar-refractivity contribution in [3.63, 3.8) is 0 Å². The summed E-state index contributed by atoms with van der Waals surface area (Å²) < 4.78 is 0. The fourth-order valence-electron chi connectivity index (χ4n) is 2.73. The van der Waals surface area contributed by atoms with Crippen molar-refractivity contribution in [2.45, 2.75) is 71.8 Å². The van der Waals surface area contributed by atoms with Gasteiger partial charge in [-0.2, -0.15) is 0 Å². The maximum absolute atomic E-state index is 3.56. The van der Waals surface area contributed by atoms with Crippen molar-refractivity contribution in [1.82, 2.24) is 10.2 Å². The zero-order chi connectivity index (χ0) is 13.4.